The normalized spacial score (nSPS) is 9.62. The zero-order valence-corrected chi connectivity index (χ0v) is 8.30. The van der Waals surface area contributed by atoms with Crippen LogP contribution < -0.4 is 5.32 Å². The lowest BCUT2D eigenvalue weighted by Crippen LogP contribution is -2.18. The minimum absolute atomic E-state index is 0.00755. The standard InChI is InChI=1S/C9H12N2OS/c1-2-13-9(12)11-7-8-5-3-4-6-10-8/h3-6H,2,7H2,1H3,(H,11,12). The first-order valence-electron chi connectivity index (χ1n) is 4.13. The predicted octanol–water partition coefficient (Wildman–Crippen LogP) is 2.04. The molecule has 0 aromatic carbocycles. The molecule has 1 heterocycles. The summed E-state index contributed by atoms with van der Waals surface area (Å²) in [5.41, 5.74) is 0.882. The van der Waals surface area contributed by atoms with Crippen molar-refractivity contribution in [2.75, 3.05) is 5.75 Å². The lowest BCUT2D eigenvalue weighted by molar-refractivity contribution is 0.260. The lowest BCUT2D eigenvalue weighted by Gasteiger charge is -2.01. The van der Waals surface area contributed by atoms with Gasteiger partial charge in [-0.2, -0.15) is 0 Å². The first kappa shape index (κ1) is 10.1. The Labute approximate surface area is 81.9 Å². The van der Waals surface area contributed by atoms with Gasteiger partial charge in [-0.1, -0.05) is 24.8 Å². The van der Waals surface area contributed by atoms with Gasteiger partial charge in [-0.05, 0) is 17.9 Å². The van der Waals surface area contributed by atoms with Crippen LogP contribution in [0.2, 0.25) is 0 Å². The summed E-state index contributed by atoms with van der Waals surface area (Å²) >= 11 is 1.27. The second kappa shape index (κ2) is 5.59. The fourth-order valence-corrected chi connectivity index (χ4v) is 1.28. The number of amides is 1. The minimum Gasteiger partial charge on any atom is -0.341 e. The van der Waals surface area contributed by atoms with E-state index in [4.69, 9.17) is 0 Å². The number of pyridine rings is 1. The number of hydrogen-bond donors (Lipinski definition) is 1. The van der Waals surface area contributed by atoms with Crippen LogP contribution in [0.3, 0.4) is 0 Å². The van der Waals surface area contributed by atoms with Crippen molar-refractivity contribution in [1.82, 2.24) is 10.3 Å². The van der Waals surface area contributed by atoms with Gasteiger partial charge in [-0.15, -0.1) is 0 Å². The molecule has 0 aliphatic rings. The fourth-order valence-electron chi connectivity index (χ4n) is 0.848. The van der Waals surface area contributed by atoms with Crippen molar-refractivity contribution in [1.29, 1.82) is 0 Å². The highest BCUT2D eigenvalue weighted by molar-refractivity contribution is 8.13. The minimum atomic E-state index is 0.00755. The molecule has 0 unspecified atom stereocenters. The van der Waals surface area contributed by atoms with Crippen LogP contribution in [0.15, 0.2) is 24.4 Å². The highest BCUT2D eigenvalue weighted by atomic mass is 32.2. The summed E-state index contributed by atoms with van der Waals surface area (Å²) in [6, 6.07) is 5.64. The molecule has 4 heteroatoms. The van der Waals surface area contributed by atoms with Crippen molar-refractivity contribution in [3.05, 3.63) is 30.1 Å². The molecule has 13 heavy (non-hydrogen) atoms. The molecule has 0 saturated carbocycles. The first-order chi connectivity index (χ1) is 6.33. The Bertz CT molecular complexity index is 264. The van der Waals surface area contributed by atoms with Gasteiger partial charge in [0.1, 0.15) is 0 Å². The lowest BCUT2D eigenvalue weighted by atomic mass is 10.3. The maximum atomic E-state index is 11.0. The van der Waals surface area contributed by atoms with Gasteiger partial charge in [-0.25, -0.2) is 0 Å². The van der Waals surface area contributed by atoms with Crippen LogP contribution in [0.4, 0.5) is 4.79 Å². The average Bonchev–Trinajstić information content (AvgIpc) is 2.17. The molecule has 1 N–H and O–H groups in total. The van der Waals surface area contributed by atoms with Crippen LogP contribution in [-0.4, -0.2) is 16.0 Å². The molecule has 0 bridgehead atoms. The van der Waals surface area contributed by atoms with E-state index in [-0.39, 0.29) is 5.24 Å². The van der Waals surface area contributed by atoms with E-state index in [0.717, 1.165) is 11.4 Å². The van der Waals surface area contributed by atoms with Crippen molar-refractivity contribution in [3.8, 4) is 0 Å². The van der Waals surface area contributed by atoms with Crippen molar-refractivity contribution in [2.24, 2.45) is 0 Å². The Morgan fingerprint density at radius 2 is 2.46 bits per heavy atom. The number of hydrogen-bond acceptors (Lipinski definition) is 3. The Morgan fingerprint density at radius 3 is 3.08 bits per heavy atom. The van der Waals surface area contributed by atoms with Crippen LogP contribution in [0.5, 0.6) is 0 Å². The predicted molar refractivity (Wildman–Crippen MR) is 54.6 cm³/mol. The van der Waals surface area contributed by atoms with E-state index in [9.17, 15) is 4.79 Å². The average molecular weight is 196 g/mol. The molecule has 0 radical (unpaired) electrons. The maximum Gasteiger partial charge on any atom is 0.279 e. The van der Waals surface area contributed by atoms with Crippen LogP contribution in [-0.2, 0) is 6.54 Å². The van der Waals surface area contributed by atoms with Gasteiger partial charge in [0.15, 0.2) is 0 Å². The molecule has 3 nitrogen and oxygen atoms in total. The monoisotopic (exact) mass is 196 g/mol. The highest BCUT2D eigenvalue weighted by Gasteiger charge is 1.99. The third kappa shape index (κ3) is 3.94. The van der Waals surface area contributed by atoms with Gasteiger partial charge >= 0.3 is 0 Å². The Kier molecular flexibility index (Phi) is 4.32. The smallest absolute Gasteiger partial charge is 0.279 e. The number of carbonyl (C=O) groups is 1. The summed E-state index contributed by atoms with van der Waals surface area (Å²) in [5.74, 6) is 0.800. The molecule has 1 rings (SSSR count). The zero-order chi connectivity index (χ0) is 9.52. The molecular formula is C9H12N2OS. The van der Waals surface area contributed by atoms with Crippen LogP contribution >= 0.6 is 11.8 Å². The number of carbonyl (C=O) groups excluding carboxylic acids is 1. The molecule has 70 valence electrons. The molecule has 1 amide bonds. The number of nitrogens with one attached hydrogen (secondary N) is 1. The van der Waals surface area contributed by atoms with Crippen molar-refractivity contribution < 1.29 is 4.79 Å². The molecule has 0 fully saturated rings. The van der Waals surface area contributed by atoms with Gasteiger partial charge in [0.2, 0.25) is 0 Å². The second-order valence-corrected chi connectivity index (χ2v) is 3.63. The summed E-state index contributed by atoms with van der Waals surface area (Å²) in [6.45, 7) is 2.46. The molecule has 1 aromatic heterocycles. The summed E-state index contributed by atoms with van der Waals surface area (Å²) in [4.78, 5) is 15.1. The molecule has 0 spiro atoms. The van der Waals surface area contributed by atoms with Gasteiger partial charge in [0.25, 0.3) is 5.24 Å². The molecule has 1 aromatic rings. The van der Waals surface area contributed by atoms with E-state index < -0.39 is 0 Å². The van der Waals surface area contributed by atoms with E-state index >= 15 is 0 Å². The number of nitrogens with zero attached hydrogens (tertiary/aromatic N) is 1. The third-order valence-electron chi connectivity index (χ3n) is 1.42. The van der Waals surface area contributed by atoms with E-state index in [0.29, 0.717) is 6.54 Å². The molecule has 0 aliphatic carbocycles. The Morgan fingerprint density at radius 1 is 1.62 bits per heavy atom. The molecule has 0 aliphatic heterocycles. The van der Waals surface area contributed by atoms with Gasteiger partial charge in [0, 0.05) is 6.20 Å². The van der Waals surface area contributed by atoms with Gasteiger partial charge in [0.05, 0.1) is 12.2 Å². The van der Waals surface area contributed by atoms with Crippen molar-refractivity contribution in [3.63, 3.8) is 0 Å². The van der Waals surface area contributed by atoms with E-state index in [2.05, 4.69) is 10.3 Å². The summed E-state index contributed by atoms with van der Waals surface area (Å²) < 4.78 is 0. The highest BCUT2D eigenvalue weighted by Crippen LogP contribution is 2.00. The topological polar surface area (TPSA) is 42.0 Å². The molecule has 0 saturated heterocycles. The molecule has 0 atom stereocenters. The van der Waals surface area contributed by atoms with E-state index in [1.807, 2.05) is 25.1 Å². The SMILES string of the molecule is CCSC(=O)NCc1ccccn1. The second-order valence-electron chi connectivity index (χ2n) is 2.40. The largest absolute Gasteiger partial charge is 0.341 e. The van der Waals surface area contributed by atoms with E-state index in [1.165, 1.54) is 11.8 Å². The van der Waals surface area contributed by atoms with Crippen LogP contribution in [0.1, 0.15) is 12.6 Å². The summed E-state index contributed by atoms with van der Waals surface area (Å²) in [7, 11) is 0. The molecular weight excluding hydrogens is 184 g/mol. The first-order valence-corrected chi connectivity index (χ1v) is 5.12. The number of aromatic nitrogens is 1. The quantitative estimate of drug-likeness (QED) is 0.804. The Balaban J connectivity index is 2.31. The van der Waals surface area contributed by atoms with Crippen molar-refractivity contribution in [2.45, 2.75) is 13.5 Å². The zero-order valence-electron chi connectivity index (χ0n) is 7.49. The summed E-state index contributed by atoms with van der Waals surface area (Å²) in [5, 5.41) is 2.77. The van der Waals surface area contributed by atoms with Crippen LogP contribution in [0, 0.1) is 0 Å². The van der Waals surface area contributed by atoms with Gasteiger partial charge < -0.3 is 5.32 Å². The van der Waals surface area contributed by atoms with E-state index in [1.54, 1.807) is 6.20 Å². The third-order valence-corrected chi connectivity index (χ3v) is 2.11. The Hall–Kier alpha value is -1.03. The van der Waals surface area contributed by atoms with Crippen LogP contribution in [0.25, 0.3) is 0 Å². The fraction of sp³-hybridized carbons (Fsp3) is 0.333. The van der Waals surface area contributed by atoms with Gasteiger partial charge in [-0.3, -0.25) is 9.78 Å². The maximum absolute atomic E-state index is 11.0. The number of thioether (sulfide) groups is 1. The number of rotatable bonds is 3. The van der Waals surface area contributed by atoms with Crippen molar-refractivity contribution >= 4 is 17.0 Å². The summed E-state index contributed by atoms with van der Waals surface area (Å²) in [6.07, 6.45) is 1.72.